The quantitative estimate of drug-likeness (QED) is 0.236. The van der Waals surface area contributed by atoms with Gasteiger partial charge in [0.05, 0.1) is 12.2 Å². The number of hydrogen-bond acceptors (Lipinski definition) is 9. The summed E-state index contributed by atoms with van der Waals surface area (Å²) in [5.41, 5.74) is -1.09. The van der Waals surface area contributed by atoms with E-state index in [1.54, 1.807) is 51.1 Å². The molecule has 0 saturated carbocycles. The van der Waals surface area contributed by atoms with Crippen LogP contribution in [0.2, 0.25) is 0 Å². The monoisotopic (exact) mass is 596 g/mol. The van der Waals surface area contributed by atoms with Crippen molar-refractivity contribution in [1.82, 2.24) is 14.9 Å². The van der Waals surface area contributed by atoms with Gasteiger partial charge in [-0.25, -0.2) is 14.2 Å². The van der Waals surface area contributed by atoms with Gasteiger partial charge in [-0.3, -0.25) is 29.1 Å². The zero-order valence-corrected chi connectivity index (χ0v) is 24.3. The number of carbonyl (C=O) groups excluding carboxylic acids is 4. The van der Waals surface area contributed by atoms with E-state index in [4.69, 9.17) is 9.47 Å². The van der Waals surface area contributed by atoms with Gasteiger partial charge in [-0.2, -0.15) is 0 Å². The highest BCUT2D eigenvalue weighted by molar-refractivity contribution is 5.92. The average molecular weight is 597 g/mol. The fraction of sp³-hybridized carbons (Fsp3) is 0.333. The zero-order chi connectivity index (χ0) is 31.9. The molecule has 0 spiro atoms. The molecule has 0 aliphatic carbocycles. The number of esters is 1. The van der Waals surface area contributed by atoms with Gasteiger partial charge in [0, 0.05) is 12.5 Å². The molecule has 13 heteroatoms. The highest BCUT2D eigenvalue weighted by Crippen LogP contribution is 2.20. The van der Waals surface area contributed by atoms with Gasteiger partial charge in [-0.15, -0.1) is 0 Å². The molecular formula is C30H33FN4O8. The first-order valence-corrected chi connectivity index (χ1v) is 13.3. The molecule has 0 radical (unpaired) electrons. The number of amides is 2. The normalized spacial score (nSPS) is 12.5. The Hall–Kier alpha value is -4.91. The molecule has 1 unspecified atom stereocenters. The predicted molar refractivity (Wildman–Crippen MR) is 154 cm³/mol. The molecule has 1 aromatic heterocycles. The molecule has 43 heavy (non-hydrogen) atoms. The maximum absolute atomic E-state index is 14.5. The summed E-state index contributed by atoms with van der Waals surface area (Å²) in [5.74, 6) is -3.33. The molecule has 3 N–H and O–H groups in total. The lowest BCUT2D eigenvalue weighted by molar-refractivity contribution is -0.132. The number of rotatable bonds is 10. The third kappa shape index (κ3) is 9.30. The van der Waals surface area contributed by atoms with Crippen LogP contribution < -0.4 is 20.9 Å². The summed E-state index contributed by atoms with van der Waals surface area (Å²) in [7, 11) is 0. The summed E-state index contributed by atoms with van der Waals surface area (Å²) in [5, 5.41) is 14.8. The summed E-state index contributed by atoms with van der Waals surface area (Å²) in [4.78, 5) is 67.3. The van der Waals surface area contributed by atoms with Crippen LogP contribution in [0.25, 0.3) is 11.4 Å². The molecule has 0 aliphatic heterocycles. The van der Waals surface area contributed by atoms with Crippen LogP contribution in [0.3, 0.4) is 0 Å². The lowest BCUT2D eigenvalue weighted by atomic mass is 9.99. The number of ketones is 1. The molecule has 1 heterocycles. The van der Waals surface area contributed by atoms with Gasteiger partial charge in [0.15, 0.2) is 17.3 Å². The lowest BCUT2D eigenvalue weighted by Gasteiger charge is -2.21. The van der Waals surface area contributed by atoms with E-state index in [1.807, 2.05) is 0 Å². The van der Waals surface area contributed by atoms with Gasteiger partial charge in [-0.05, 0) is 51.8 Å². The molecule has 0 fully saturated rings. The van der Waals surface area contributed by atoms with Crippen LogP contribution in [0.1, 0.15) is 40.2 Å². The van der Waals surface area contributed by atoms with Crippen molar-refractivity contribution in [2.45, 2.75) is 65.3 Å². The van der Waals surface area contributed by atoms with E-state index in [2.05, 4.69) is 15.6 Å². The van der Waals surface area contributed by atoms with Gasteiger partial charge >= 0.3 is 12.1 Å². The van der Waals surface area contributed by atoms with Crippen molar-refractivity contribution in [3.63, 3.8) is 0 Å². The van der Waals surface area contributed by atoms with Crippen LogP contribution in [-0.4, -0.2) is 56.2 Å². The molecule has 0 bridgehead atoms. The SMILES string of the molecule is CC(=O)Oc1ccc(C[C@@H](NC(=O)Cn2c(-c3ccccc3)ncc(NC(=O)OC(C)(C)C)c2=O)C(=O)C(C)O)cc1F. The Bertz CT molecular complexity index is 1560. The van der Waals surface area contributed by atoms with Crippen molar-refractivity contribution in [2.24, 2.45) is 0 Å². The lowest BCUT2D eigenvalue weighted by Crippen LogP contribution is -2.48. The molecule has 3 aromatic rings. The van der Waals surface area contributed by atoms with Crippen LogP contribution >= 0.6 is 0 Å². The Kier molecular flexibility index (Phi) is 10.5. The van der Waals surface area contributed by atoms with Crippen LogP contribution in [0, 0.1) is 5.82 Å². The number of Topliss-reactive ketones (excluding diaryl/α,β-unsaturated/α-hetero) is 1. The second-order valence-electron chi connectivity index (χ2n) is 10.6. The van der Waals surface area contributed by atoms with E-state index >= 15 is 0 Å². The van der Waals surface area contributed by atoms with Crippen molar-refractivity contribution in [1.29, 1.82) is 0 Å². The molecule has 2 amide bonds. The van der Waals surface area contributed by atoms with Crippen LogP contribution in [-0.2, 0) is 32.1 Å². The van der Waals surface area contributed by atoms with E-state index in [0.717, 1.165) is 23.8 Å². The number of aromatic nitrogens is 2. The van der Waals surface area contributed by atoms with Crippen LogP contribution in [0.5, 0.6) is 5.75 Å². The molecule has 0 saturated heterocycles. The Balaban J connectivity index is 1.92. The number of hydrogen-bond donors (Lipinski definition) is 3. The molecule has 2 aromatic carbocycles. The highest BCUT2D eigenvalue weighted by Gasteiger charge is 2.27. The maximum atomic E-state index is 14.5. The van der Waals surface area contributed by atoms with E-state index in [0.29, 0.717) is 5.56 Å². The number of ether oxygens (including phenoxy) is 2. The number of carbonyl (C=O) groups is 4. The molecule has 0 aliphatic rings. The molecule has 3 rings (SSSR count). The van der Waals surface area contributed by atoms with Crippen molar-refractivity contribution >= 4 is 29.4 Å². The Morgan fingerprint density at radius 1 is 1.09 bits per heavy atom. The minimum absolute atomic E-state index is 0.108. The smallest absolute Gasteiger partial charge is 0.412 e. The largest absolute Gasteiger partial charge is 0.444 e. The van der Waals surface area contributed by atoms with Crippen molar-refractivity contribution in [3.05, 3.63) is 76.5 Å². The van der Waals surface area contributed by atoms with E-state index in [9.17, 15) is 33.5 Å². The van der Waals surface area contributed by atoms with Gasteiger partial charge in [0.25, 0.3) is 5.56 Å². The number of aliphatic hydroxyl groups is 1. The highest BCUT2D eigenvalue weighted by atomic mass is 19.1. The van der Waals surface area contributed by atoms with Gasteiger partial charge in [-0.1, -0.05) is 36.4 Å². The minimum Gasteiger partial charge on any atom is -0.444 e. The van der Waals surface area contributed by atoms with Gasteiger partial charge < -0.3 is 19.9 Å². The Labute approximate surface area is 246 Å². The van der Waals surface area contributed by atoms with E-state index in [-0.39, 0.29) is 29.2 Å². The Morgan fingerprint density at radius 3 is 2.35 bits per heavy atom. The number of aliphatic hydroxyl groups excluding tert-OH is 1. The molecular weight excluding hydrogens is 563 g/mol. The van der Waals surface area contributed by atoms with Crippen molar-refractivity contribution in [3.8, 4) is 17.1 Å². The first kappa shape index (κ1) is 32.6. The summed E-state index contributed by atoms with van der Waals surface area (Å²) in [6.07, 6.45) is -1.44. The zero-order valence-electron chi connectivity index (χ0n) is 24.3. The van der Waals surface area contributed by atoms with Gasteiger partial charge in [0.2, 0.25) is 5.91 Å². The number of anilines is 1. The topological polar surface area (TPSA) is 166 Å². The summed E-state index contributed by atoms with van der Waals surface area (Å²) >= 11 is 0. The number of benzene rings is 2. The van der Waals surface area contributed by atoms with E-state index < -0.39 is 59.4 Å². The molecule has 2 atom stereocenters. The fourth-order valence-corrected chi connectivity index (χ4v) is 4.00. The minimum atomic E-state index is -1.47. The van der Waals surface area contributed by atoms with Crippen molar-refractivity contribution < 1.29 is 38.1 Å². The summed E-state index contributed by atoms with van der Waals surface area (Å²) in [6, 6.07) is 10.9. The number of nitrogens with zero attached hydrogens (tertiary/aromatic N) is 2. The first-order chi connectivity index (χ1) is 20.1. The number of halogens is 1. The van der Waals surface area contributed by atoms with Crippen molar-refractivity contribution in [2.75, 3.05) is 5.32 Å². The number of nitrogens with one attached hydrogen (secondary N) is 2. The Morgan fingerprint density at radius 2 is 1.77 bits per heavy atom. The molecule has 12 nitrogen and oxygen atoms in total. The van der Waals surface area contributed by atoms with E-state index in [1.165, 1.54) is 19.1 Å². The first-order valence-electron chi connectivity index (χ1n) is 13.3. The fourth-order valence-electron chi connectivity index (χ4n) is 4.00. The second kappa shape index (κ2) is 13.8. The summed E-state index contributed by atoms with van der Waals surface area (Å²) < 4.78 is 25.5. The van der Waals surface area contributed by atoms with Crippen LogP contribution in [0.4, 0.5) is 14.9 Å². The maximum Gasteiger partial charge on any atom is 0.412 e. The second-order valence-corrected chi connectivity index (χ2v) is 10.6. The average Bonchev–Trinajstić information content (AvgIpc) is 2.91. The van der Waals surface area contributed by atoms with Gasteiger partial charge in [0.1, 0.15) is 29.8 Å². The standard InChI is InChI=1S/C30H33FN4O8/c1-17(36)26(39)22(14-19-11-12-24(21(31)13-19)42-18(2)37)33-25(38)16-35-27(20-9-7-6-8-10-20)32-15-23(28(35)40)34-29(41)43-30(3,4)5/h6-13,15,17,22,36H,14,16H2,1-5H3,(H,33,38)(H,34,41)/t17?,22-/m1/s1. The third-order valence-corrected chi connectivity index (χ3v) is 5.80. The predicted octanol–water partition coefficient (Wildman–Crippen LogP) is 3.00. The summed E-state index contributed by atoms with van der Waals surface area (Å²) in [6.45, 7) is 6.68. The van der Waals surface area contributed by atoms with Crippen LogP contribution in [0.15, 0.2) is 59.5 Å². The third-order valence-electron chi connectivity index (χ3n) is 5.80. The molecule has 228 valence electrons.